The zero-order chi connectivity index (χ0) is 47.2. The van der Waals surface area contributed by atoms with E-state index in [-0.39, 0.29) is 18.5 Å². The van der Waals surface area contributed by atoms with Gasteiger partial charge in [-0.15, -0.1) is 0 Å². The Hall–Kier alpha value is -2.18. The van der Waals surface area contributed by atoms with Crippen molar-refractivity contribution < 1.29 is 24.5 Å². The Morgan fingerprint density at radius 1 is 0.431 bits per heavy atom. The predicted molar refractivity (Wildman–Crippen MR) is 282 cm³/mol. The highest BCUT2D eigenvalue weighted by Crippen LogP contribution is 2.15. The summed E-state index contributed by atoms with van der Waals surface area (Å²) in [6, 6.07) is -0.640. The first-order chi connectivity index (χ1) is 32.0. The maximum atomic E-state index is 12.4. The van der Waals surface area contributed by atoms with Crippen molar-refractivity contribution in [3.05, 3.63) is 48.6 Å². The van der Waals surface area contributed by atoms with Crippen molar-refractivity contribution in [1.29, 1.82) is 0 Å². The number of nitrogens with one attached hydrogen (secondary N) is 1. The molecular formula is C59H109NO5. The summed E-state index contributed by atoms with van der Waals surface area (Å²) < 4.78 is 5.46. The van der Waals surface area contributed by atoms with Crippen LogP contribution in [0.1, 0.15) is 290 Å². The molecule has 0 aliphatic rings. The Morgan fingerprint density at radius 3 is 1.18 bits per heavy atom. The van der Waals surface area contributed by atoms with Gasteiger partial charge in [0.2, 0.25) is 5.91 Å². The van der Waals surface area contributed by atoms with Crippen LogP contribution in [0.3, 0.4) is 0 Å². The highest BCUT2D eigenvalue weighted by molar-refractivity contribution is 5.76. The van der Waals surface area contributed by atoms with Gasteiger partial charge in [0, 0.05) is 12.8 Å². The third-order valence-electron chi connectivity index (χ3n) is 12.8. The molecule has 0 aliphatic heterocycles. The van der Waals surface area contributed by atoms with Gasteiger partial charge in [-0.3, -0.25) is 9.59 Å². The second kappa shape index (κ2) is 54.4. The van der Waals surface area contributed by atoms with Gasteiger partial charge >= 0.3 is 5.97 Å². The summed E-state index contributed by atoms with van der Waals surface area (Å²) in [5, 5.41) is 23.0. The quantitative estimate of drug-likeness (QED) is 0.0321. The van der Waals surface area contributed by atoms with E-state index in [4.69, 9.17) is 4.74 Å². The lowest BCUT2D eigenvalue weighted by Gasteiger charge is -2.20. The Balaban J connectivity index is 3.51. The summed E-state index contributed by atoms with van der Waals surface area (Å²) in [4.78, 5) is 24.5. The average Bonchev–Trinajstić information content (AvgIpc) is 3.31. The van der Waals surface area contributed by atoms with Crippen LogP contribution in [-0.2, 0) is 14.3 Å². The third-order valence-corrected chi connectivity index (χ3v) is 12.8. The summed E-state index contributed by atoms with van der Waals surface area (Å²) in [6.45, 7) is 4.85. The fourth-order valence-electron chi connectivity index (χ4n) is 8.42. The van der Waals surface area contributed by atoms with Gasteiger partial charge in [0.1, 0.15) is 0 Å². The minimum atomic E-state index is -0.855. The molecule has 0 aromatic rings. The van der Waals surface area contributed by atoms with Crippen LogP contribution in [0.5, 0.6) is 0 Å². The van der Waals surface area contributed by atoms with E-state index >= 15 is 0 Å². The summed E-state index contributed by atoms with van der Waals surface area (Å²) in [5.41, 5.74) is 0. The lowest BCUT2D eigenvalue weighted by atomic mass is 10.0. The number of unbranched alkanes of at least 4 members (excludes halogenated alkanes) is 35. The van der Waals surface area contributed by atoms with Crippen molar-refractivity contribution >= 4 is 11.9 Å². The lowest BCUT2D eigenvalue weighted by molar-refractivity contribution is -0.143. The van der Waals surface area contributed by atoms with Crippen LogP contribution >= 0.6 is 0 Å². The van der Waals surface area contributed by atoms with Gasteiger partial charge < -0.3 is 20.3 Å². The summed E-state index contributed by atoms with van der Waals surface area (Å²) in [7, 11) is 0. The first kappa shape index (κ1) is 62.8. The van der Waals surface area contributed by atoms with Crippen LogP contribution in [0.4, 0.5) is 0 Å². The number of hydrogen-bond acceptors (Lipinski definition) is 5. The van der Waals surface area contributed by atoms with Crippen LogP contribution in [0.2, 0.25) is 0 Å². The van der Waals surface area contributed by atoms with Crippen LogP contribution in [0.15, 0.2) is 48.6 Å². The maximum absolute atomic E-state index is 12.4. The number of hydrogen-bond donors (Lipinski definition) is 3. The van der Waals surface area contributed by atoms with Gasteiger partial charge in [0.15, 0.2) is 0 Å². The van der Waals surface area contributed by atoms with Gasteiger partial charge in [-0.25, -0.2) is 0 Å². The molecule has 6 nitrogen and oxygen atoms in total. The number of esters is 1. The molecule has 0 aromatic heterocycles. The van der Waals surface area contributed by atoms with Crippen LogP contribution in [-0.4, -0.2) is 47.4 Å². The van der Waals surface area contributed by atoms with Gasteiger partial charge in [-0.05, 0) is 96.3 Å². The van der Waals surface area contributed by atoms with E-state index in [0.717, 1.165) is 83.5 Å². The Labute approximate surface area is 404 Å². The molecule has 0 aliphatic carbocycles. The molecule has 0 radical (unpaired) electrons. The average molecular weight is 913 g/mol. The number of rotatable bonds is 52. The number of aliphatic hydroxyl groups excluding tert-OH is 2. The normalized spacial score (nSPS) is 13.0. The molecule has 2 atom stereocenters. The molecule has 0 spiro atoms. The fourth-order valence-corrected chi connectivity index (χ4v) is 8.42. The van der Waals surface area contributed by atoms with Crippen molar-refractivity contribution in [2.24, 2.45) is 0 Å². The fraction of sp³-hybridized carbons (Fsp3) is 0.831. The Kier molecular flexibility index (Phi) is 52.6. The summed E-state index contributed by atoms with van der Waals surface area (Å²) >= 11 is 0. The number of carbonyl (C=O) groups is 2. The molecule has 6 heteroatoms. The SMILES string of the molecule is CCCCCCCCC/C=C\CCCCCCCCCC(=O)OCCCCC/C=C\C/C=C\CCCCCCCCCC(=O)NC(CO)C(O)/C=C/CCCCCCCCCCCCC. The number of carbonyl (C=O) groups excluding carboxylic acids is 2. The Morgan fingerprint density at radius 2 is 0.769 bits per heavy atom. The number of ether oxygens (including phenoxy) is 1. The molecule has 380 valence electrons. The van der Waals surface area contributed by atoms with E-state index in [1.54, 1.807) is 6.08 Å². The molecule has 0 aromatic carbocycles. The Bertz CT molecular complexity index is 1100. The van der Waals surface area contributed by atoms with Crippen molar-refractivity contribution in [2.45, 2.75) is 302 Å². The zero-order valence-corrected chi connectivity index (χ0v) is 43.2. The molecule has 0 rings (SSSR count). The van der Waals surface area contributed by atoms with Crippen LogP contribution in [0.25, 0.3) is 0 Å². The maximum Gasteiger partial charge on any atom is 0.305 e. The van der Waals surface area contributed by atoms with Crippen LogP contribution < -0.4 is 5.32 Å². The third kappa shape index (κ3) is 51.1. The van der Waals surface area contributed by atoms with Gasteiger partial charge in [-0.1, -0.05) is 229 Å². The topological polar surface area (TPSA) is 95.9 Å². The van der Waals surface area contributed by atoms with Gasteiger partial charge in [0.25, 0.3) is 0 Å². The molecule has 2 unspecified atom stereocenters. The number of allylic oxidation sites excluding steroid dienone is 7. The highest BCUT2D eigenvalue weighted by Gasteiger charge is 2.18. The summed E-state index contributed by atoms with van der Waals surface area (Å²) in [6.07, 6.45) is 68.4. The minimum absolute atomic E-state index is 0.0199. The second-order valence-electron chi connectivity index (χ2n) is 19.3. The minimum Gasteiger partial charge on any atom is -0.466 e. The number of aliphatic hydroxyl groups is 2. The van der Waals surface area contributed by atoms with Crippen LogP contribution in [0, 0.1) is 0 Å². The standard InChI is InChI=1S/C59H109NO5/c1-3-5-7-9-11-13-15-17-18-19-22-25-29-33-37-41-45-49-53-59(64)65-54-50-46-42-38-34-30-26-23-20-21-24-28-32-36-40-44-48-52-58(63)60-56(55-61)57(62)51-47-43-39-35-31-27-16-14-12-10-8-6-4-2/h18-20,23,30,34,47,51,56-57,61-62H,3-17,21-22,24-29,31-33,35-46,48-50,52-55H2,1-2H3,(H,60,63)/b19-18-,23-20-,34-30-,51-47+. The van der Waals surface area contributed by atoms with E-state index in [2.05, 4.69) is 55.6 Å². The molecule has 0 saturated carbocycles. The molecule has 0 heterocycles. The lowest BCUT2D eigenvalue weighted by Crippen LogP contribution is -2.45. The largest absolute Gasteiger partial charge is 0.466 e. The molecule has 0 saturated heterocycles. The molecule has 1 amide bonds. The number of amides is 1. The second-order valence-corrected chi connectivity index (χ2v) is 19.3. The van der Waals surface area contributed by atoms with Crippen molar-refractivity contribution in [3.8, 4) is 0 Å². The molecule has 65 heavy (non-hydrogen) atoms. The van der Waals surface area contributed by atoms with E-state index < -0.39 is 12.1 Å². The molecule has 3 N–H and O–H groups in total. The highest BCUT2D eigenvalue weighted by atomic mass is 16.5. The monoisotopic (exact) mass is 912 g/mol. The van der Waals surface area contributed by atoms with Crippen molar-refractivity contribution in [3.63, 3.8) is 0 Å². The van der Waals surface area contributed by atoms with Gasteiger partial charge in [0.05, 0.1) is 25.4 Å². The van der Waals surface area contributed by atoms with Gasteiger partial charge in [-0.2, -0.15) is 0 Å². The van der Waals surface area contributed by atoms with Crippen molar-refractivity contribution in [2.75, 3.05) is 13.2 Å². The van der Waals surface area contributed by atoms with E-state index in [0.29, 0.717) is 19.4 Å². The zero-order valence-electron chi connectivity index (χ0n) is 43.2. The first-order valence-electron chi connectivity index (χ1n) is 28.4. The molecular weight excluding hydrogens is 803 g/mol. The van der Waals surface area contributed by atoms with Crippen molar-refractivity contribution in [1.82, 2.24) is 5.32 Å². The smallest absolute Gasteiger partial charge is 0.305 e. The van der Waals surface area contributed by atoms with E-state index in [1.165, 1.54) is 180 Å². The molecule has 0 bridgehead atoms. The summed E-state index contributed by atoms with van der Waals surface area (Å²) in [5.74, 6) is -0.105. The molecule has 0 fully saturated rings. The predicted octanol–water partition coefficient (Wildman–Crippen LogP) is 17.4. The van der Waals surface area contributed by atoms with E-state index in [9.17, 15) is 19.8 Å². The first-order valence-corrected chi connectivity index (χ1v) is 28.4. The van der Waals surface area contributed by atoms with E-state index in [1.807, 2.05) is 6.08 Å².